The predicted octanol–water partition coefficient (Wildman–Crippen LogP) is 1.65. The second-order valence-electron chi connectivity index (χ2n) is 4.06. The molecule has 1 heterocycles. The van der Waals surface area contributed by atoms with Crippen LogP contribution in [0.15, 0.2) is 12.3 Å². The fourth-order valence-corrected chi connectivity index (χ4v) is 2.19. The van der Waals surface area contributed by atoms with Gasteiger partial charge in [-0.2, -0.15) is 0 Å². The van der Waals surface area contributed by atoms with E-state index in [9.17, 15) is 4.79 Å². The van der Waals surface area contributed by atoms with Crippen molar-refractivity contribution in [3.8, 4) is 0 Å². The minimum absolute atomic E-state index is 0.140. The fourth-order valence-electron chi connectivity index (χ4n) is 2.19. The largest absolute Gasteiger partial charge is 0.466 e. The molecule has 0 aromatic carbocycles. The maximum atomic E-state index is 11.4. The van der Waals surface area contributed by atoms with E-state index in [1.165, 1.54) is 5.56 Å². The van der Waals surface area contributed by atoms with E-state index >= 15 is 0 Å². The number of esters is 1. The third-order valence-corrected chi connectivity index (χ3v) is 2.89. The van der Waals surface area contributed by atoms with Gasteiger partial charge in [0.15, 0.2) is 0 Å². The summed E-state index contributed by atoms with van der Waals surface area (Å²) in [6.07, 6.45) is 4.00. The van der Waals surface area contributed by atoms with Gasteiger partial charge in [-0.15, -0.1) is 0 Å². The van der Waals surface area contributed by atoms with Crippen molar-refractivity contribution in [2.45, 2.75) is 32.1 Å². The lowest BCUT2D eigenvalue weighted by Crippen LogP contribution is -2.09. The number of nitrogens with two attached hydrogens (primary N) is 1. The van der Waals surface area contributed by atoms with Crippen LogP contribution in [0.1, 0.15) is 36.9 Å². The molecule has 1 atom stereocenters. The number of rotatable bonds is 3. The van der Waals surface area contributed by atoms with E-state index in [2.05, 4.69) is 4.98 Å². The fraction of sp³-hybridized carbons (Fsp3) is 0.500. The number of hydrogen-bond donors (Lipinski definition) is 1. The summed E-state index contributed by atoms with van der Waals surface area (Å²) in [5.74, 6) is 0.0635. The van der Waals surface area contributed by atoms with Gasteiger partial charge in [0, 0.05) is 11.6 Å². The number of aromatic nitrogens is 1. The maximum absolute atomic E-state index is 11.4. The highest BCUT2D eigenvalue weighted by atomic mass is 16.5. The first-order valence-electron chi connectivity index (χ1n) is 5.60. The molecule has 16 heavy (non-hydrogen) atoms. The molecule has 0 saturated heterocycles. The topological polar surface area (TPSA) is 65.2 Å². The third-order valence-electron chi connectivity index (χ3n) is 2.89. The number of pyridine rings is 1. The van der Waals surface area contributed by atoms with Gasteiger partial charge in [0.2, 0.25) is 0 Å². The number of fused-ring (bicyclic) bond motifs is 1. The van der Waals surface area contributed by atoms with Crippen LogP contribution in [0.4, 0.5) is 5.69 Å². The van der Waals surface area contributed by atoms with Crippen molar-refractivity contribution in [1.82, 2.24) is 4.98 Å². The summed E-state index contributed by atoms with van der Waals surface area (Å²) in [4.78, 5) is 15.7. The number of aryl methyl sites for hydroxylation is 1. The molecule has 2 rings (SSSR count). The Hall–Kier alpha value is -1.58. The number of carbonyl (C=O) groups excluding carboxylic acids is 1. The van der Waals surface area contributed by atoms with Crippen molar-refractivity contribution >= 4 is 11.7 Å². The lowest BCUT2D eigenvalue weighted by Gasteiger charge is -2.09. The number of nitrogen functional groups attached to an aromatic ring is 1. The zero-order valence-electron chi connectivity index (χ0n) is 9.40. The van der Waals surface area contributed by atoms with E-state index in [-0.39, 0.29) is 11.9 Å². The van der Waals surface area contributed by atoms with Gasteiger partial charge in [0.05, 0.1) is 24.9 Å². The molecule has 0 amide bonds. The summed E-state index contributed by atoms with van der Waals surface area (Å²) in [7, 11) is 0. The molecule has 0 aliphatic heterocycles. The smallest absolute Gasteiger partial charge is 0.306 e. The summed E-state index contributed by atoms with van der Waals surface area (Å²) < 4.78 is 4.95. The van der Waals surface area contributed by atoms with E-state index in [4.69, 9.17) is 10.5 Å². The Bertz CT molecular complexity index is 404. The summed E-state index contributed by atoms with van der Waals surface area (Å²) in [5, 5.41) is 0. The van der Waals surface area contributed by atoms with Crippen LogP contribution in [0.25, 0.3) is 0 Å². The molecular formula is C12H16N2O2. The third kappa shape index (κ3) is 2.15. The molecular weight excluding hydrogens is 204 g/mol. The van der Waals surface area contributed by atoms with E-state index in [1.807, 2.05) is 13.0 Å². The number of ether oxygens (including phenoxy) is 1. The second kappa shape index (κ2) is 4.51. The van der Waals surface area contributed by atoms with E-state index in [1.54, 1.807) is 6.20 Å². The van der Waals surface area contributed by atoms with Crippen LogP contribution in [0.5, 0.6) is 0 Å². The molecule has 0 saturated carbocycles. The van der Waals surface area contributed by atoms with E-state index in [0.717, 1.165) is 18.5 Å². The SMILES string of the molecule is CCOC(=O)C[C@H]1CCc2cc(N)cnc21. The Labute approximate surface area is 94.8 Å². The molecule has 1 aliphatic rings. The van der Waals surface area contributed by atoms with Gasteiger partial charge >= 0.3 is 5.97 Å². The molecule has 1 aliphatic carbocycles. The molecule has 0 fully saturated rings. The Balaban J connectivity index is 2.09. The van der Waals surface area contributed by atoms with Gasteiger partial charge < -0.3 is 10.5 Å². The summed E-state index contributed by atoms with van der Waals surface area (Å²) in [6.45, 7) is 2.26. The number of carbonyl (C=O) groups is 1. The minimum atomic E-state index is -0.140. The average Bonchev–Trinajstić information content (AvgIpc) is 2.61. The lowest BCUT2D eigenvalue weighted by atomic mass is 10.0. The number of hydrogen-bond acceptors (Lipinski definition) is 4. The van der Waals surface area contributed by atoms with Gasteiger partial charge in [0.1, 0.15) is 0 Å². The zero-order chi connectivity index (χ0) is 11.5. The van der Waals surface area contributed by atoms with Crippen molar-refractivity contribution in [1.29, 1.82) is 0 Å². The van der Waals surface area contributed by atoms with Gasteiger partial charge in [0.25, 0.3) is 0 Å². The molecule has 4 nitrogen and oxygen atoms in total. The molecule has 1 aromatic heterocycles. The van der Waals surface area contributed by atoms with Gasteiger partial charge in [-0.25, -0.2) is 0 Å². The van der Waals surface area contributed by atoms with E-state index < -0.39 is 0 Å². The molecule has 0 radical (unpaired) electrons. The Kier molecular flexibility index (Phi) is 3.08. The molecule has 2 N–H and O–H groups in total. The van der Waals surface area contributed by atoms with Crippen molar-refractivity contribution in [3.05, 3.63) is 23.5 Å². The van der Waals surface area contributed by atoms with Crippen LogP contribution in [0.3, 0.4) is 0 Å². The first-order valence-corrected chi connectivity index (χ1v) is 5.60. The predicted molar refractivity (Wildman–Crippen MR) is 61.0 cm³/mol. The van der Waals surface area contributed by atoms with Crippen LogP contribution >= 0.6 is 0 Å². The molecule has 86 valence electrons. The van der Waals surface area contributed by atoms with Crippen molar-refractivity contribution < 1.29 is 9.53 Å². The first-order chi connectivity index (χ1) is 7.70. The van der Waals surface area contributed by atoms with Crippen LogP contribution < -0.4 is 5.73 Å². The average molecular weight is 220 g/mol. The number of anilines is 1. The minimum Gasteiger partial charge on any atom is -0.466 e. The van der Waals surface area contributed by atoms with Crippen molar-refractivity contribution in [3.63, 3.8) is 0 Å². The van der Waals surface area contributed by atoms with Crippen LogP contribution in [-0.2, 0) is 16.0 Å². The standard InChI is InChI=1S/C12H16N2O2/c1-2-16-11(15)6-9-4-3-8-5-10(13)7-14-12(8)9/h5,7,9H,2-4,6,13H2,1H3/t9-/m1/s1. The Morgan fingerprint density at radius 2 is 2.50 bits per heavy atom. The molecule has 0 spiro atoms. The number of nitrogens with zero attached hydrogens (tertiary/aromatic N) is 1. The summed E-state index contributed by atoms with van der Waals surface area (Å²) in [6, 6.07) is 1.95. The van der Waals surface area contributed by atoms with Crippen molar-refractivity contribution in [2.75, 3.05) is 12.3 Å². The Morgan fingerprint density at radius 3 is 3.25 bits per heavy atom. The summed E-state index contributed by atoms with van der Waals surface area (Å²) in [5.41, 5.74) is 8.55. The molecule has 0 unspecified atom stereocenters. The lowest BCUT2D eigenvalue weighted by molar-refractivity contribution is -0.143. The van der Waals surface area contributed by atoms with Gasteiger partial charge in [-0.3, -0.25) is 9.78 Å². The van der Waals surface area contributed by atoms with Gasteiger partial charge in [-0.05, 0) is 31.4 Å². The van der Waals surface area contributed by atoms with Crippen molar-refractivity contribution in [2.24, 2.45) is 0 Å². The highest BCUT2D eigenvalue weighted by molar-refractivity contribution is 5.70. The molecule has 1 aromatic rings. The first kappa shape index (κ1) is 10.9. The normalized spacial score (nSPS) is 18.2. The molecule has 0 bridgehead atoms. The van der Waals surface area contributed by atoms with Crippen LogP contribution in [0.2, 0.25) is 0 Å². The van der Waals surface area contributed by atoms with Gasteiger partial charge in [-0.1, -0.05) is 0 Å². The zero-order valence-corrected chi connectivity index (χ0v) is 9.40. The maximum Gasteiger partial charge on any atom is 0.306 e. The van der Waals surface area contributed by atoms with Crippen LogP contribution in [-0.4, -0.2) is 17.6 Å². The quantitative estimate of drug-likeness (QED) is 0.786. The Morgan fingerprint density at radius 1 is 1.69 bits per heavy atom. The second-order valence-corrected chi connectivity index (χ2v) is 4.06. The highest BCUT2D eigenvalue weighted by Crippen LogP contribution is 2.34. The monoisotopic (exact) mass is 220 g/mol. The van der Waals surface area contributed by atoms with E-state index in [0.29, 0.717) is 18.7 Å². The molecule has 4 heteroatoms. The highest BCUT2D eigenvalue weighted by Gasteiger charge is 2.26. The van der Waals surface area contributed by atoms with Crippen LogP contribution in [0, 0.1) is 0 Å². The summed E-state index contributed by atoms with van der Waals surface area (Å²) >= 11 is 0.